The average Bonchev–Trinajstić information content (AvgIpc) is 3.30. The molecule has 0 aliphatic carbocycles. The Kier molecular flexibility index (Phi) is 6.28. The van der Waals surface area contributed by atoms with Gasteiger partial charge in [-0.1, -0.05) is 13.8 Å². The van der Waals surface area contributed by atoms with Gasteiger partial charge in [0.1, 0.15) is 10.8 Å². The number of anilines is 2. The summed E-state index contributed by atoms with van der Waals surface area (Å²) in [7, 11) is 0. The summed E-state index contributed by atoms with van der Waals surface area (Å²) in [5, 5.41) is 16.2. The maximum absolute atomic E-state index is 14.6. The van der Waals surface area contributed by atoms with Crippen LogP contribution in [-0.2, 0) is 6.42 Å². The molecular formula is C22H25FIN3O3S. The summed E-state index contributed by atoms with van der Waals surface area (Å²) >= 11 is 3.23. The highest BCUT2D eigenvalue weighted by Gasteiger charge is 2.38. The van der Waals surface area contributed by atoms with E-state index in [4.69, 9.17) is 0 Å². The Morgan fingerprint density at radius 3 is 2.94 bits per heavy atom. The van der Waals surface area contributed by atoms with Gasteiger partial charge >= 0.3 is 0 Å². The quantitative estimate of drug-likeness (QED) is 0.494. The van der Waals surface area contributed by atoms with Crippen LogP contribution in [0.2, 0.25) is 0 Å². The van der Waals surface area contributed by atoms with Gasteiger partial charge < -0.3 is 20.6 Å². The molecule has 1 aromatic heterocycles. The number of benzene rings is 1. The number of rotatable bonds is 4. The highest BCUT2D eigenvalue weighted by Crippen LogP contribution is 2.42. The van der Waals surface area contributed by atoms with Gasteiger partial charge in [-0.15, -0.1) is 11.3 Å². The van der Waals surface area contributed by atoms with Gasteiger partial charge in [-0.2, -0.15) is 0 Å². The summed E-state index contributed by atoms with van der Waals surface area (Å²) < 4.78 is 15.3. The molecule has 2 aliphatic heterocycles. The largest absolute Gasteiger partial charge is 0.394 e. The normalized spacial score (nSPS) is 20.2. The summed E-state index contributed by atoms with van der Waals surface area (Å²) in [6.45, 7) is 5.07. The van der Waals surface area contributed by atoms with Crippen LogP contribution in [-0.4, -0.2) is 47.6 Å². The molecule has 3 heterocycles. The number of thiophene rings is 1. The van der Waals surface area contributed by atoms with Crippen molar-refractivity contribution in [1.29, 1.82) is 0 Å². The van der Waals surface area contributed by atoms with Gasteiger partial charge in [-0.05, 0) is 71.0 Å². The number of aliphatic hydroxyl groups excluding tert-OH is 1. The van der Waals surface area contributed by atoms with Crippen LogP contribution < -0.4 is 10.6 Å². The first-order chi connectivity index (χ1) is 14.7. The molecule has 2 amide bonds. The molecule has 2 aliphatic rings. The smallest absolute Gasteiger partial charge is 0.261 e. The second kappa shape index (κ2) is 8.67. The summed E-state index contributed by atoms with van der Waals surface area (Å²) in [5.41, 5.74) is 1.14. The zero-order valence-electron chi connectivity index (χ0n) is 17.4. The molecule has 0 radical (unpaired) electrons. The van der Waals surface area contributed by atoms with Crippen LogP contribution in [0.1, 0.15) is 52.3 Å². The lowest BCUT2D eigenvalue weighted by atomic mass is 9.85. The third-order valence-electron chi connectivity index (χ3n) is 5.84. The van der Waals surface area contributed by atoms with Crippen LogP contribution in [0.5, 0.6) is 0 Å². The Hall–Kier alpha value is -1.72. The number of carbonyl (C=O) groups excluding carboxylic acids is 2. The van der Waals surface area contributed by atoms with Crippen LogP contribution in [0, 0.1) is 14.8 Å². The van der Waals surface area contributed by atoms with E-state index in [1.807, 2.05) is 36.4 Å². The highest BCUT2D eigenvalue weighted by atomic mass is 127. The second-order valence-electron chi connectivity index (χ2n) is 8.86. The molecular weight excluding hydrogens is 532 g/mol. The molecule has 1 saturated heterocycles. The molecule has 0 saturated carbocycles. The molecule has 2 aromatic rings. The van der Waals surface area contributed by atoms with Crippen molar-refractivity contribution in [1.82, 2.24) is 10.2 Å². The number of aliphatic hydroxyl groups is 1. The second-order valence-corrected chi connectivity index (χ2v) is 11.1. The maximum atomic E-state index is 14.6. The van der Waals surface area contributed by atoms with E-state index < -0.39 is 5.82 Å². The highest BCUT2D eigenvalue weighted by molar-refractivity contribution is 14.1. The van der Waals surface area contributed by atoms with Crippen molar-refractivity contribution in [2.75, 3.05) is 25.0 Å². The monoisotopic (exact) mass is 557 g/mol. The number of fused-ring (bicyclic) bond motifs is 1. The molecule has 1 aromatic carbocycles. The van der Waals surface area contributed by atoms with Crippen molar-refractivity contribution < 1.29 is 19.1 Å². The first-order valence-corrected chi connectivity index (χ1v) is 12.2. The lowest BCUT2D eigenvalue weighted by molar-refractivity contribution is 0.0677. The molecule has 4 rings (SSSR count). The fourth-order valence-electron chi connectivity index (χ4n) is 4.22. The van der Waals surface area contributed by atoms with Gasteiger partial charge in [0.2, 0.25) is 0 Å². The lowest BCUT2D eigenvalue weighted by Gasteiger charge is -2.26. The van der Waals surface area contributed by atoms with Crippen LogP contribution in [0.25, 0.3) is 0 Å². The molecule has 166 valence electrons. The van der Waals surface area contributed by atoms with E-state index in [1.54, 1.807) is 17.0 Å². The van der Waals surface area contributed by atoms with Gasteiger partial charge in [0.05, 0.1) is 28.8 Å². The van der Waals surface area contributed by atoms with Crippen molar-refractivity contribution in [2.45, 2.75) is 39.2 Å². The van der Waals surface area contributed by atoms with Crippen molar-refractivity contribution in [3.63, 3.8) is 0 Å². The number of likely N-dealkylation sites (tertiary alicyclic amines) is 1. The van der Waals surface area contributed by atoms with Crippen molar-refractivity contribution in [2.24, 2.45) is 5.41 Å². The van der Waals surface area contributed by atoms with E-state index in [9.17, 15) is 19.1 Å². The Bertz CT molecular complexity index is 1040. The first-order valence-electron chi connectivity index (χ1n) is 10.3. The number of carbonyl (C=O) groups is 2. The summed E-state index contributed by atoms with van der Waals surface area (Å²) in [4.78, 5) is 28.7. The van der Waals surface area contributed by atoms with Crippen molar-refractivity contribution >= 4 is 56.4 Å². The Morgan fingerprint density at radius 2 is 2.23 bits per heavy atom. The van der Waals surface area contributed by atoms with Crippen LogP contribution in [0.15, 0.2) is 18.2 Å². The number of hydrogen-bond acceptors (Lipinski definition) is 5. The van der Waals surface area contributed by atoms with Gasteiger partial charge in [0.15, 0.2) is 0 Å². The summed E-state index contributed by atoms with van der Waals surface area (Å²) in [6.07, 6.45) is 2.12. The molecule has 6 nitrogen and oxygen atoms in total. The predicted octanol–water partition coefficient (Wildman–Crippen LogP) is 4.14. The van der Waals surface area contributed by atoms with E-state index in [2.05, 4.69) is 10.6 Å². The molecule has 9 heteroatoms. The number of halogens is 2. The molecule has 0 bridgehead atoms. The fraction of sp³-hybridized carbons (Fsp3) is 0.455. The van der Waals surface area contributed by atoms with Gasteiger partial charge in [0, 0.05) is 16.7 Å². The SMILES string of the molecule is CC1(C)CNC(=O)c2sc(Nc3ccc(I)cc3F)c(C(=O)N3CCCC3CO)c2C1. The Labute approximate surface area is 198 Å². The van der Waals surface area contributed by atoms with Crippen molar-refractivity contribution in [3.8, 4) is 0 Å². The number of amides is 2. The Balaban J connectivity index is 1.83. The van der Waals surface area contributed by atoms with E-state index in [0.717, 1.165) is 16.4 Å². The van der Waals surface area contributed by atoms with Crippen LogP contribution >= 0.6 is 33.9 Å². The standard InChI is InChI=1S/C22H25FIN3O3S/c1-22(2)9-14-17(21(30)27-7-3-4-13(27)10-28)20(31-18(14)19(29)25-11-22)26-16-6-5-12(24)8-15(16)23/h5-6,8,13,26,28H,3-4,7,9-11H2,1-2H3,(H,25,29). The van der Waals surface area contributed by atoms with Gasteiger partial charge in [-0.3, -0.25) is 9.59 Å². The zero-order chi connectivity index (χ0) is 22.3. The van der Waals surface area contributed by atoms with E-state index >= 15 is 0 Å². The number of hydrogen-bond donors (Lipinski definition) is 3. The topological polar surface area (TPSA) is 81.7 Å². The molecule has 1 unspecified atom stereocenters. The fourth-order valence-corrected chi connectivity index (χ4v) is 5.82. The molecule has 1 fully saturated rings. The average molecular weight is 557 g/mol. The number of nitrogens with one attached hydrogen (secondary N) is 2. The van der Waals surface area contributed by atoms with Gasteiger partial charge in [0.25, 0.3) is 11.8 Å². The summed E-state index contributed by atoms with van der Waals surface area (Å²) in [5.74, 6) is -0.850. The lowest BCUT2D eigenvalue weighted by Crippen LogP contribution is -2.38. The Morgan fingerprint density at radius 1 is 1.45 bits per heavy atom. The molecule has 31 heavy (non-hydrogen) atoms. The van der Waals surface area contributed by atoms with E-state index in [1.165, 1.54) is 17.4 Å². The minimum absolute atomic E-state index is 0.0987. The number of nitrogens with zero attached hydrogens (tertiary/aromatic N) is 1. The predicted molar refractivity (Wildman–Crippen MR) is 128 cm³/mol. The maximum Gasteiger partial charge on any atom is 0.261 e. The third kappa shape index (κ3) is 4.45. The first kappa shape index (κ1) is 22.5. The van der Waals surface area contributed by atoms with Gasteiger partial charge in [-0.25, -0.2) is 4.39 Å². The molecule has 1 atom stereocenters. The molecule has 0 spiro atoms. The zero-order valence-corrected chi connectivity index (χ0v) is 20.4. The minimum Gasteiger partial charge on any atom is -0.394 e. The third-order valence-corrected chi connectivity index (χ3v) is 7.66. The minimum atomic E-state index is -0.423. The van der Waals surface area contributed by atoms with Crippen LogP contribution in [0.3, 0.4) is 0 Å². The van der Waals surface area contributed by atoms with Crippen molar-refractivity contribution in [3.05, 3.63) is 43.6 Å². The van der Waals surface area contributed by atoms with Crippen LogP contribution in [0.4, 0.5) is 15.1 Å². The summed E-state index contributed by atoms with van der Waals surface area (Å²) in [6, 6.07) is 4.59. The van der Waals surface area contributed by atoms with E-state index in [0.29, 0.717) is 40.5 Å². The molecule has 3 N–H and O–H groups in total. The van der Waals surface area contributed by atoms with E-state index in [-0.39, 0.29) is 35.6 Å².